The van der Waals surface area contributed by atoms with Crippen LogP contribution in [-0.4, -0.2) is 36.1 Å². The Hall–Kier alpha value is -1.35. The lowest BCUT2D eigenvalue weighted by atomic mass is 10.1. The number of benzene rings is 1. The molecule has 0 aliphatic carbocycles. The maximum Gasteiger partial charge on any atom is 0.227 e. The summed E-state index contributed by atoms with van der Waals surface area (Å²) in [5.41, 5.74) is 1.07. The summed E-state index contributed by atoms with van der Waals surface area (Å²) < 4.78 is 5.43. The summed E-state index contributed by atoms with van der Waals surface area (Å²) in [6, 6.07) is 10.2. The molecule has 2 rings (SSSR count). The third-order valence-electron chi connectivity index (χ3n) is 3.15. The first-order valence-electron chi connectivity index (χ1n) is 6.11. The van der Waals surface area contributed by atoms with Crippen molar-refractivity contribution in [3.8, 4) is 0 Å². The van der Waals surface area contributed by atoms with Gasteiger partial charge in [0.1, 0.15) is 0 Å². The number of hydrogen-bond donors (Lipinski definition) is 0. The number of carbonyl (C=O) groups excluding carboxylic acids is 1. The molecule has 0 aromatic heterocycles. The summed E-state index contributed by atoms with van der Waals surface area (Å²) in [7, 11) is 0. The second-order valence-corrected chi connectivity index (χ2v) is 4.70. The first-order chi connectivity index (χ1) is 8.18. The summed E-state index contributed by atoms with van der Waals surface area (Å²) in [5, 5.41) is 0. The predicted octanol–water partition coefficient (Wildman–Crippen LogP) is 1.86. The zero-order valence-electron chi connectivity index (χ0n) is 10.4. The number of morpholine rings is 1. The molecule has 0 unspecified atom stereocenters. The van der Waals surface area contributed by atoms with Crippen LogP contribution >= 0.6 is 0 Å². The molecule has 1 aliphatic rings. The van der Waals surface area contributed by atoms with Gasteiger partial charge in [-0.2, -0.15) is 0 Å². The van der Waals surface area contributed by atoms with Gasteiger partial charge in [0.2, 0.25) is 5.91 Å². The van der Waals surface area contributed by atoms with E-state index in [1.165, 1.54) is 0 Å². The van der Waals surface area contributed by atoms with Crippen LogP contribution in [0, 0.1) is 0 Å². The first kappa shape index (κ1) is 12.1. The van der Waals surface area contributed by atoms with E-state index < -0.39 is 0 Å². The lowest BCUT2D eigenvalue weighted by Gasteiger charge is -2.38. The molecular formula is C14H19NO2. The largest absolute Gasteiger partial charge is 0.377 e. The van der Waals surface area contributed by atoms with Gasteiger partial charge >= 0.3 is 0 Å². The summed E-state index contributed by atoms with van der Waals surface area (Å²) >= 11 is 0. The molecule has 1 amide bonds. The van der Waals surface area contributed by atoms with Crippen molar-refractivity contribution in [2.45, 2.75) is 32.4 Å². The highest BCUT2D eigenvalue weighted by Crippen LogP contribution is 2.15. The molecule has 0 spiro atoms. The lowest BCUT2D eigenvalue weighted by Crippen LogP contribution is -2.53. The fourth-order valence-electron chi connectivity index (χ4n) is 2.36. The number of rotatable bonds is 2. The van der Waals surface area contributed by atoms with Gasteiger partial charge < -0.3 is 9.64 Å². The highest BCUT2D eigenvalue weighted by molar-refractivity contribution is 5.79. The average Bonchev–Trinajstić information content (AvgIpc) is 2.30. The van der Waals surface area contributed by atoms with Crippen LogP contribution in [0.4, 0.5) is 0 Å². The third kappa shape index (κ3) is 2.86. The Morgan fingerprint density at radius 1 is 1.24 bits per heavy atom. The zero-order chi connectivity index (χ0) is 12.3. The van der Waals surface area contributed by atoms with Crippen molar-refractivity contribution in [3.05, 3.63) is 35.9 Å². The van der Waals surface area contributed by atoms with Crippen LogP contribution in [0.5, 0.6) is 0 Å². The molecule has 0 saturated carbocycles. The van der Waals surface area contributed by atoms with Gasteiger partial charge in [0.25, 0.3) is 0 Å². The van der Waals surface area contributed by atoms with Gasteiger partial charge in [-0.15, -0.1) is 0 Å². The number of carbonyl (C=O) groups is 1. The van der Waals surface area contributed by atoms with Crippen molar-refractivity contribution < 1.29 is 9.53 Å². The van der Waals surface area contributed by atoms with Gasteiger partial charge in [-0.3, -0.25) is 4.79 Å². The van der Waals surface area contributed by atoms with Crippen molar-refractivity contribution >= 4 is 5.91 Å². The van der Waals surface area contributed by atoms with Crippen molar-refractivity contribution in [3.63, 3.8) is 0 Å². The first-order valence-corrected chi connectivity index (χ1v) is 6.11. The second-order valence-electron chi connectivity index (χ2n) is 4.70. The van der Waals surface area contributed by atoms with E-state index in [0.29, 0.717) is 19.6 Å². The molecule has 3 heteroatoms. The van der Waals surface area contributed by atoms with Crippen molar-refractivity contribution in [2.75, 3.05) is 13.2 Å². The van der Waals surface area contributed by atoms with Gasteiger partial charge in [-0.25, -0.2) is 0 Å². The maximum absolute atomic E-state index is 12.3. The molecule has 0 radical (unpaired) electrons. The van der Waals surface area contributed by atoms with Crippen LogP contribution in [0.3, 0.4) is 0 Å². The minimum atomic E-state index is 0.176. The summed E-state index contributed by atoms with van der Waals surface area (Å²) in [4.78, 5) is 14.2. The van der Waals surface area contributed by atoms with Gasteiger partial charge in [-0.1, -0.05) is 30.3 Å². The number of ether oxygens (including phenoxy) is 1. The fraction of sp³-hybridized carbons (Fsp3) is 0.500. The fourth-order valence-corrected chi connectivity index (χ4v) is 2.36. The Bertz CT molecular complexity index is 367. The highest BCUT2D eigenvalue weighted by atomic mass is 16.5. The SMILES string of the molecule is C[C@@H]1COC[C@@H](C)N1C(=O)Cc1ccccc1. The molecule has 3 nitrogen and oxygen atoms in total. The second kappa shape index (κ2) is 5.32. The Labute approximate surface area is 102 Å². The molecule has 17 heavy (non-hydrogen) atoms. The molecule has 1 fully saturated rings. The van der Waals surface area contributed by atoms with E-state index in [1.807, 2.05) is 49.1 Å². The van der Waals surface area contributed by atoms with Crippen LogP contribution in [0.25, 0.3) is 0 Å². The normalized spacial score (nSPS) is 24.7. The predicted molar refractivity (Wildman–Crippen MR) is 66.7 cm³/mol. The number of hydrogen-bond acceptors (Lipinski definition) is 2. The Morgan fingerprint density at radius 2 is 1.82 bits per heavy atom. The number of nitrogens with zero attached hydrogens (tertiary/aromatic N) is 1. The third-order valence-corrected chi connectivity index (χ3v) is 3.15. The molecule has 1 aromatic carbocycles. The Kier molecular flexibility index (Phi) is 3.79. The monoisotopic (exact) mass is 233 g/mol. The van der Waals surface area contributed by atoms with E-state index in [9.17, 15) is 4.79 Å². The van der Waals surface area contributed by atoms with E-state index in [-0.39, 0.29) is 18.0 Å². The van der Waals surface area contributed by atoms with Crippen LogP contribution in [0.1, 0.15) is 19.4 Å². The van der Waals surface area contributed by atoms with Gasteiger partial charge in [0.05, 0.1) is 31.7 Å². The number of amides is 1. The minimum absolute atomic E-state index is 0.176. The van der Waals surface area contributed by atoms with Gasteiger partial charge in [-0.05, 0) is 19.4 Å². The molecule has 1 saturated heterocycles. The minimum Gasteiger partial charge on any atom is -0.377 e. The van der Waals surface area contributed by atoms with E-state index >= 15 is 0 Å². The lowest BCUT2D eigenvalue weighted by molar-refractivity contribution is -0.143. The van der Waals surface area contributed by atoms with Crippen LogP contribution in [-0.2, 0) is 16.0 Å². The van der Waals surface area contributed by atoms with E-state index in [0.717, 1.165) is 5.56 Å². The Balaban J connectivity index is 2.04. The van der Waals surface area contributed by atoms with Crippen molar-refractivity contribution in [2.24, 2.45) is 0 Å². The molecule has 1 aliphatic heterocycles. The smallest absolute Gasteiger partial charge is 0.227 e. The van der Waals surface area contributed by atoms with Gasteiger partial charge in [0.15, 0.2) is 0 Å². The van der Waals surface area contributed by atoms with E-state index in [4.69, 9.17) is 4.74 Å². The molecule has 0 N–H and O–H groups in total. The van der Waals surface area contributed by atoms with Crippen LogP contribution in [0.15, 0.2) is 30.3 Å². The standard InChI is InChI=1S/C14H19NO2/c1-11-9-17-10-12(2)15(11)14(16)8-13-6-4-3-5-7-13/h3-7,11-12H,8-10H2,1-2H3/t11-,12-/m1/s1. The van der Waals surface area contributed by atoms with Crippen molar-refractivity contribution in [1.29, 1.82) is 0 Å². The topological polar surface area (TPSA) is 29.5 Å². The highest BCUT2D eigenvalue weighted by Gasteiger charge is 2.29. The summed E-state index contributed by atoms with van der Waals surface area (Å²) in [5.74, 6) is 0.194. The quantitative estimate of drug-likeness (QED) is 0.780. The van der Waals surface area contributed by atoms with Gasteiger partial charge in [0, 0.05) is 0 Å². The molecule has 1 aromatic rings. The molecule has 0 bridgehead atoms. The summed E-state index contributed by atoms with van der Waals surface area (Å²) in [6.07, 6.45) is 0.482. The zero-order valence-corrected chi connectivity index (χ0v) is 10.4. The molecule has 92 valence electrons. The molecular weight excluding hydrogens is 214 g/mol. The maximum atomic E-state index is 12.3. The van der Waals surface area contributed by atoms with Crippen LogP contribution in [0.2, 0.25) is 0 Å². The molecule has 1 heterocycles. The van der Waals surface area contributed by atoms with Crippen molar-refractivity contribution in [1.82, 2.24) is 4.90 Å². The Morgan fingerprint density at radius 3 is 2.41 bits per heavy atom. The molecule has 2 atom stereocenters. The summed E-state index contributed by atoms with van der Waals surface area (Å²) in [6.45, 7) is 5.37. The van der Waals surface area contributed by atoms with E-state index in [2.05, 4.69) is 0 Å². The van der Waals surface area contributed by atoms with E-state index in [1.54, 1.807) is 0 Å². The average molecular weight is 233 g/mol. The van der Waals surface area contributed by atoms with Crippen LogP contribution < -0.4 is 0 Å².